The van der Waals surface area contributed by atoms with Crippen molar-refractivity contribution in [2.45, 2.75) is 0 Å². The molecule has 0 aliphatic carbocycles. The minimum absolute atomic E-state index is 0.564. The fourth-order valence-electron chi connectivity index (χ4n) is 8.79. The summed E-state index contributed by atoms with van der Waals surface area (Å²) in [6, 6.07) is 73.3. The lowest BCUT2D eigenvalue weighted by Gasteiger charge is -2.11. The quantitative estimate of drug-likeness (QED) is 0.161. The first-order chi connectivity index (χ1) is 30.7. The first kappa shape index (κ1) is 35.5. The Morgan fingerprint density at radius 1 is 0.258 bits per heavy atom. The second kappa shape index (κ2) is 14.7. The Morgan fingerprint density at radius 2 is 0.774 bits per heavy atom. The minimum atomic E-state index is 0.564. The maximum atomic E-state index is 6.64. The molecule has 5 heteroatoms. The zero-order valence-corrected chi connectivity index (χ0v) is 33.4. The third-order valence-electron chi connectivity index (χ3n) is 11.7. The van der Waals surface area contributed by atoms with Gasteiger partial charge < -0.3 is 8.83 Å². The van der Waals surface area contributed by atoms with Crippen LogP contribution in [0.3, 0.4) is 0 Å². The molecule has 0 saturated heterocycles. The highest BCUT2D eigenvalue weighted by molar-refractivity contribution is 6.18. The Hall–Kier alpha value is -8.41. The van der Waals surface area contributed by atoms with Gasteiger partial charge in [-0.15, -0.1) is 0 Å². The van der Waals surface area contributed by atoms with E-state index in [0.29, 0.717) is 17.5 Å². The van der Waals surface area contributed by atoms with Gasteiger partial charge in [0.1, 0.15) is 22.3 Å². The zero-order valence-electron chi connectivity index (χ0n) is 33.4. The predicted octanol–water partition coefficient (Wildman–Crippen LogP) is 15.3. The molecule has 0 fully saturated rings. The van der Waals surface area contributed by atoms with Crippen molar-refractivity contribution in [1.29, 1.82) is 0 Å². The van der Waals surface area contributed by atoms with Gasteiger partial charge in [-0.25, -0.2) is 15.0 Å². The highest BCUT2D eigenvalue weighted by Gasteiger charge is 2.21. The van der Waals surface area contributed by atoms with Gasteiger partial charge in [0.25, 0.3) is 0 Å². The molecule has 62 heavy (non-hydrogen) atoms. The van der Waals surface area contributed by atoms with Crippen molar-refractivity contribution in [3.8, 4) is 78.7 Å². The van der Waals surface area contributed by atoms with Gasteiger partial charge in [0.2, 0.25) is 0 Å². The van der Waals surface area contributed by atoms with E-state index in [9.17, 15) is 0 Å². The Labute approximate surface area is 357 Å². The number of para-hydroxylation sites is 1. The molecule has 290 valence electrons. The monoisotopic (exact) mass is 793 g/mol. The fraction of sp³-hybridized carbons (Fsp3) is 0. The van der Waals surface area contributed by atoms with Crippen molar-refractivity contribution < 1.29 is 8.83 Å². The maximum Gasteiger partial charge on any atom is 0.164 e. The van der Waals surface area contributed by atoms with E-state index in [-0.39, 0.29) is 0 Å². The molecule has 0 aliphatic heterocycles. The second-order valence-corrected chi connectivity index (χ2v) is 15.5. The van der Waals surface area contributed by atoms with Crippen molar-refractivity contribution in [2.24, 2.45) is 0 Å². The number of aromatic nitrogens is 3. The average Bonchev–Trinajstić information content (AvgIpc) is 3.93. The van der Waals surface area contributed by atoms with E-state index < -0.39 is 0 Å². The van der Waals surface area contributed by atoms with Gasteiger partial charge in [-0.1, -0.05) is 170 Å². The van der Waals surface area contributed by atoms with Crippen LogP contribution in [0.4, 0.5) is 0 Å². The number of hydrogen-bond acceptors (Lipinski definition) is 5. The summed E-state index contributed by atoms with van der Waals surface area (Å²) in [7, 11) is 0. The molecule has 0 bridgehead atoms. The Balaban J connectivity index is 1.06. The van der Waals surface area contributed by atoms with E-state index in [2.05, 4.69) is 170 Å². The van der Waals surface area contributed by atoms with Crippen LogP contribution in [0.5, 0.6) is 0 Å². The van der Waals surface area contributed by atoms with E-state index in [1.54, 1.807) is 0 Å². The fourth-order valence-corrected chi connectivity index (χ4v) is 8.79. The first-order valence-corrected chi connectivity index (χ1v) is 20.8. The second-order valence-electron chi connectivity index (χ2n) is 15.5. The predicted molar refractivity (Wildman–Crippen MR) is 252 cm³/mol. The van der Waals surface area contributed by atoms with Crippen molar-refractivity contribution in [3.63, 3.8) is 0 Å². The van der Waals surface area contributed by atoms with E-state index in [1.165, 1.54) is 0 Å². The van der Waals surface area contributed by atoms with Gasteiger partial charge in [-0.3, -0.25) is 0 Å². The summed E-state index contributed by atoms with van der Waals surface area (Å²) in [5.74, 6) is 1.74. The molecular formula is C57H35N3O2. The van der Waals surface area contributed by atoms with Crippen molar-refractivity contribution in [3.05, 3.63) is 212 Å². The molecule has 0 N–H and O–H groups in total. The Morgan fingerprint density at radius 3 is 1.45 bits per heavy atom. The molecule has 0 atom stereocenters. The van der Waals surface area contributed by atoms with Crippen LogP contribution >= 0.6 is 0 Å². The maximum absolute atomic E-state index is 6.64. The van der Waals surface area contributed by atoms with Gasteiger partial charge in [0.05, 0.1) is 0 Å². The van der Waals surface area contributed by atoms with Crippen LogP contribution in [0.15, 0.2) is 221 Å². The average molecular weight is 794 g/mol. The molecule has 0 aliphatic rings. The van der Waals surface area contributed by atoms with Gasteiger partial charge in [-0.2, -0.15) is 0 Å². The molecule has 0 spiro atoms. The topological polar surface area (TPSA) is 65.0 Å². The van der Waals surface area contributed by atoms with Crippen LogP contribution in [-0.2, 0) is 0 Å². The van der Waals surface area contributed by atoms with Crippen LogP contribution < -0.4 is 0 Å². The molecule has 5 nitrogen and oxygen atoms in total. The van der Waals surface area contributed by atoms with Crippen molar-refractivity contribution >= 4 is 43.9 Å². The summed E-state index contributed by atoms with van der Waals surface area (Å²) in [5, 5.41) is 4.07. The highest BCUT2D eigenvalue weighted by atomic mass is 16.3. The standard InChI is InChI=1S/C57H35N3O2/c1-4-15-36(16-5-1)39-21-12-23-42(33-39)55-58-56(43-24-13-22-40(34-43)37-17-6-2-7-18-37)60-57(59-55)47-26-14-28-51-52(47)48-35-41(29-32-50(48)61-51)44-30-31-45(38-19-8-3-9-20-38)54-53(44)46-25-10-11-27-49(46)62-54/h1-35H. The summed E-state index contributed by atoms with van der Waals surface area (Å²) in [4.78, 5) is 15.7. The highest BCUT2D eigenvalue weighted by Crippen LogP contribution is 2.44. The molecule has 0 unspecified atom stereocenters. The smallest absolute Gasteiger partial charge is 0.164 e. The largest absolute Gasteiger partial charge is 0.456 e. The number of furan rings is 2. The van der Waals surface area contributed by atoms with Crippen molar-refractivity contribution in [2.75, 3.05) is 0 Å². The van der Waals surface area contributed by atoms with Gasteiger partial charge in [0.15, 0.2) is 17.5 Å². The molecule has 0 amide bonds. The van der Waals surface area contributed by atoms with Gasteiger partial charge >= 0.3 is 0 Å². The molecule has 0 radical (unpaired) electrons. The molecular weight excluding hydrogens is 759 g/mol. The summed E-state index contributed by atoms with van der Waals surface area (Å²) < 4.78 is 13.2. The van der Waals surface area contributed by atoms with Crippen LogP contribution in [-0.4, -0.2) is 15.0 Å². The van der Waals surface area contributed by atoms with Crippen LogP contribution in [0, 0.1) is 0 Å². The molecule has 3 heterocycles. The minimum Gasteiger partial charge on any atom is -0.456 e. The third kappa shape index (κ3) is 6.14. The summed E-state index contributed by atoms with van der Waals surface area (Å²) in [5.41, 5.74) is 14.7. The van der Waals surface area contributed by atoms with Crippen molar-refractivity contribution in [1.82, 2.24) is 15.0 Å². The lowest BCUT2D eigenvalue weighted by atomic mass is 9.93. The zero-order chi connectivity index (χ0) is 41.0. The van der Waals surface area contributed by atoms with Crippen LogP contribution in [0.2, 0.25) is 0 Å². The summed E-state index contributed by atoms with van der Waals surface area (Å²) >= 11 is 0. The summed E-state index contributed by atoms with van der Waals surface area (Å²) in [6.45, 7) is 0. The van der Waals surface area contributed by atoms with E-state index in [0.717, 1.165) is 105 Å². The molecule has 0 saturated carbocycles. The number of nitrogens with zero attached hydrogens (tertiary/aromatic N) is 3. The van der Waals surface area contributed by atoms with Gasteiger partial charge in [0, 0.05) is 43.8 Å². The SMILES string of the molecule is c1ccc(-c2cccc(-c3nc(-c4cccc(-c5ccccc5)c4)nc(-c4cccc5oc6ccc(-c7ccc(-c8ccccc8)c8oc9ccccc9c78)cc6c45)n3)c2)cc1. The summed E-state index contributed by atoms with van der Waals surface area (Å²) in [6.07, 6.45) is 0. The molecule has 3 aromatic heterocycles. The number of benzene rings is 9. The molecule has 12 aromatic rings. The molecule has 9 aromatic carbocycles. The number of fused-ring (bicyclic) bond motifs is 6. The lowest BCUT2D eigenvalue weighted by Crippen LogP contribution is -2.00. The Kier molecular flexibility index (Phi) is 8.42. The van der Waals surface area contributed by atoms with Crippen LogP contribution in [0.25, 0.3) is 123 Å². The van der Waals surface area contributed by atoms with Gasteiger partial charge in [-0.05, 0) is 81.4 Å². The van der Waals surface area contributed by atoms with E-state index in [4.69, 9.17) is 23.8 Å². The van der Waals surface area contributed by atoms with E-state index in [1.807, 2.05) is 42.5 Å². The number of hydrogen-bond donors (Lipinski definition) is 0. The normalized spacial score (nSPS) is 11.5. The van der Waals surface area contributed by atoms with E-state index >= 15 is 0 Å². The third-order valence-corrected chi connectivity index (χ3v) is 11.7. The molecule has 12 rings (SSSR count). The van der Waals surface area contributed by atoms with Crippen LogP contribution in [0.1, 0.15) is 0 Å². The number of rotatable bonds is 7. The lowest BCUT2D eigenvalue weighted by molar-refractivity contribution is 0.669. The Bertz CT molecular complexity index is 3530. The first-order valence-electron chi connectivity index (χ1n) is 20.8.